The summed E-state index contributed by atoms with van der Waals surface area (Å²) in [6.07, 6.45) is 0. The second-order valence-corrected chi connectivity index (χ2v) is 4.39. The summed E-state index contributed by atoms with van der Waals surface area (Å²) in [4.78, 5) is 13.9. The van der Waals surface area contributed by atoms with E-state index in [9.17, 15) is 4.79 Å². The zero-order chi connectivity index (χ0) is 13.7. The molecule has 0 bridgehead atoms. The molecule has 18 heavy (non-hydrogen) atoms. The molecule has 0 unspecified atom stereocenters. The van der Waals surface area contributed by atoms with Crippen molar-refractivity contribution in [1.82, 2.24) is 4.90 Å². The molecule has 0 aliphatic rings. The lowest BCUT2D eigenvalue weighted by Crippen LogP contribution is -2.37. The van der Waals surface area contributed by atoms with E-state index in [1.54, 1.807) is 12.1 Å². The lowest BCUT2D eigenvalue weighted by atomic mass is 10.1. The van der Waals surface area contributed by atoms with Crippen LogP contribution < -0.4 is 4.74 Å². The Bertz CT molecular complexity index is 475. The molecule has 4 heteroatoms. The minimum Gasteiger partial charge on any atom is -0.496 e. The number of carbonyl (C=O) groups excluding carboxylic acids is 1. The van der Waals surface area contributed by atoms with Gasteiger partial charge >= 0.3 is 0 Å². The maximum atomic E-state index is 12.4. The summed E-state index contributed by atoms with van der Waals surface area (Å²) >= 11 is 0. The third-order valence-electron chi connectivity index (χ3n) is 2.71. The maximum absolute atomic E-state index is 12.4. The normalized spacial score (nSPS) is 10.0. The average molecular weight is 246 g/mol. The van der Waals surface area contributed by atoms with Gasteiger partial charge in [0.2, 0.25) is 0 Å². The van der Waals surface area contributed by atoms with Crippen LogP contribution in [-0.2, 0) is 0 Å². The van der Waals surface area contributed by atoms with Crippen molar-refractivity contribution in [3.63, 3.8) is 0 Å². The highest BCUT2D eigenvalue weighted by atomic mass is 16.5. The number of nitrogens with zero attached hydrogens (tertiary/aromatic N) is 2. The van der Waals surface area contributed by atoms with Crippen molar-refractivity contribution < 1.29 is 9.53 Å². The molecule has 0 aliphatic heterocycles. The predicted octanol–water partition coefficient (Wildman–Crippen LogP) is 2.38. The van der Waals surface area contributed by atoms with Crippen LogP contribution in [0, 0.1) is 18.3 Å². The van der Waals surface area contributed by atoms with Crippen LogP contribution in [0.25, 0.3) is 0 Å². The van der Waals surface area contributed by atoms with E-state index in [2.05, 4.69) is 0 Å². The molecule has 96 valence electrons. The van der Waals surface area contributed by atoms with E-state index in [-0.39, 0.29) is 18.5 Å². The fourth-order valence-corrected chi connectivity index (χ4v) is 1.71. The number of amides is 1. The van der Waals surface area contributed by atoms with E-state index in [4.69, 9.17) is 10.00 Å². The monoisotopic (exact) mass is 246 g/mol. The van der Waals surface area contributed by atoms with E-state index in [0.717, 1.165) is 5.56 Å². The van der Waals surface area contributed by atoms with Crippen molar-refractivity contribution in [3.8, 4) is 11.8 Å². The van der Waals surface area contributed by atoms with Gasteiger partial charge in [0.15, 0.2) is 0 Å². The fraction of sp³-hybridized carbons (Fsp3) is 0.429. The van der Waals surface area contributed by atoms with E-state index < -0.39 is 0 Å². The number of methoxy groups -OCH3 is 1. The van der Waals surface area contributed by atoms with Crippen LogP contribution >= 0.6 is 0 Å². The van der Waals surface area contributed by atoms with Crippen molar-refractivity contribution in [2.45, 2.75) is 26.8 Å². The number of ether oxygens (including phenoxy) is 1. The summed E-state index contributed by atoms with van der Waals surface area (Å²) in [5, 5.41) is 8.79. The number of benzene rings is 1. The Morgan fingerprint density at radius 2 is 2.17 bits per heavy atom. The fourth-order valence-electron chi connectivity index (χ4n) is 1.71. The summed E-state index contributed by atoms with van der Waals surface area (Å²) in [5.74, 6) is 0.362. The highest BCUT2D eigenvalue weighted by molar-refractivity contribution is 5.97. The molecule has 0 spiro atoms. The second kappa shape index (κ2) is 6.06. The van der Waals surface area contributed by atoms with Gasteiger partial charge in [-0.15, -0.1) is 0 Å². The topological polar surface area (TPSA) is 53.3 Å². The van der Waals surface area contributed by atoms with Crippen molar-refractivity contribution >= 4 is 5.91 Å². The van der Waals surface area contributed by atoms with Crippen LogP contribution in [0.3, 0.4) is 0 Å². The van der Waals surface area contributed by atoms with E-state index in [0.29, 0.717) is 11.3 Å². The van der Waals surface area contributed by atoms with Gasteiger partial charge in [0.1, 0.15) is 12.3 Å². The molecule has 0 saturated carbocycles. The first kappa shape index (κ1) is 14.0. The number of aryl methyl sites for hydroxylation is 1. The number of rotatable bonds is 4. The Kier molecular flexibility index (Phi) is 4.73. The highest BCUT2D eigenvalue weighted by Gasteiger charge is 2.21. The van der Waals surface area contributed by atoms with Gasteiger partial charge in [0.05, 0.1) is 18.7 Å². The van der Waals surface area contributed by atoms with E-state index in [1.165, 1.54) is 12.0 Å². The van der Waals surface area contributed by atoms with Gasteiger partial charge in [-0.3, -0.25) is 4.79 Å². The van der Waals surface area contributed by atoms with E-state index in [1.807, 2.05) is 32.9 Å². The van der Waals surface area contributed by atoms with Gasteiger partial charge in [0, 0.05) is 6.04 Å². The molecule has 0 heterocycles. The quantitative estimate of drug-likeness (QED) is 0.766. The molecule has 0 N–H and O–H groups in total. The molecule has 0 aliphatic carbocycles. The SMILES string of the molecule is COc1ccc(C)cc1C(=O)N(CC#N)C(C)C. The van der Waals surface area contributed by atoms with Crippen molar-refractivity contribution in [3.05, 3.63) is 29.3 Å². The van der Waals surface area contributed by atoms with Crippen LogP contribution in [0.15, 0.2) is 18.2 Å². The molecule has 0 atom stereocenters. The van der Waals surface area contributed by atoms with Gasteiger partial charge < -0.3 is 9.64 Å². The first-order chi connectivity index (χ1) is 8.51. The predicted molar refractivity (Wildman–Crippen MR) is 69.5 cm³/mol. The zero-order valence-corrected chi connectivity index (χ0v) is 11.2. The largest absolute Gasteiger partial charge is 0.496 e. The molecule has 4 nitrogen and oxygen atoms in total. The van der Waals surface area contributed by atoms with Gasteiger partial charge in [-0.1, -0.05) is 11.6 Å². The molecule has 0 saturated heterocycles. The molecular formula is C14H18N2O2. The van der Waals surface area contributed by atoms with Crippen LogP contribution in [0.5, 0.6) is 5.75 Å². The molecular weight excluding hydrogens is 228 g/mol. The lowest BCUT2D eigenvalue weighted by Gasteiger charge is -2.24. The summed E-state index contributed by atoms with van der Waals surface area (Å²) in [5.41, 5.74) is 1.49. The number of hydrogen-bond acceptors (Lipinski definition) is 3. The first-order valence-electron chi connectivity index (χ1n) is 5.83. The molecule has 1 aromatic rings. The van der Waals surface area contributed by atoms with Gasteiger partial charge in [-0.05, 0) is 32.9 Å². The summed E-state index contributed by atoms with van der Waals surface area (Å²) in [6, 6.07) is 7.44. The smallest absolute Gasteiger partial charge is 0.258 e. The molecule has 1 aromatic carbocycles. The maximum Gasteiger partial charge on any atom is 0.258 e. The third-order valence-corrected chi connectivity index (χ3v) is 2.71. The van der Waals surface area contributed by atoms with Gasteiger partial charge in [-0.25, -0.2) is 0 Å². The van der Waals surface area contributed by atoms with Crippen LogP contribution in [0.4, 0.5) is 0 Å². The first-order valence-corrected chi connectivity index (χ1v) is 5.83. The lowest BCUT2D eigenvalue weighted by molar-refractivity contribution is 0.0728. The van der Waals surface area contributed by atoms with Crippen molar-refractivity contribution in [1.29, 1.82) is 5.26 Å². The average Bonchev–Trinajstić information content (AvgIpc) is 2.34. The number of nitriles is 1. The number of hydrogen-bond donors (Lipinski definition) is 0. The summed E-state index contributed by atoms with van der Waals surface area (Å²) in [7, 11) is 1.53. The zero-order valence-electron chi connectivity index (χ0n) is 11.2. The van der Waals surface area contributed by atoms with Crippen molar-refractivity contribution in [2.24, 2.45) is 0 Å². The molecule has 0 aromatic heterocycles. The minimum atomic E-state index is -0.174. The van der Waals surface area contributed by atoms with Crippen LogP contribution in [-0.4, -0.2) is 30.5 Å². The Morgan fingerprint density at radius 1 is 1.50 bits per heavy atom. The molecule has 0 fully saturated rings. The van der Waals surface area contributed by atoms with E-state index >= 15 is 0 Å². The molecule has 0 radical (unpaired) electrons. The van der Waals surface area contributed by atoms with Crippen LogP contribution in [0.1, 0.15) is 29.8 Å². The Balaban J connectivity index is 3.16. The van der Waals surface area contributed by atoms with Gasteiger partial charge in [0.25, 0.3) is 5.91 Å². The van der Waals surface area contributed by atoms with Crippen LogP contribution in [0.2, 0.25) is 0 Å². The Morgan fingerprint density at radius 3 is 2.67 bits per heavy atom. The minimum absolute atomic E-state index is 0.0256. The molecule has 1 rings (SSSR count). The van der Waals surface area contributed by atoms with Gasteiger partial charge in [-0.2, -0.15) is 5.26 Å². The highest BCUT2D eigenvalue weighted by Crippen LogP contribution is 2.22. The summed E-state index contributed by atoms with van der Waals surface area (Å²) in [6.45, 7) is 5.77. The van der Waals surface area contributed by atoms with Crippen molar-refractivity contribution in [2.75, 3.05) is 13.7 Å². The number of carbonyl (C=O) groups is 1. The standard InChI is InChI=1S/C14H18N2O2/c1-10(2)16(8-7-15)14(17)12-9-11(3)5-6-13(12)18-4/h5-6,9-10H,8H2,1-4H3. The third kappa shape index (κ3) is 3.01. The summed E-state index contributed by atoms with van der Waals surface area (Å²) < 4.78 is 5.20. The Labute approximate surface area is 108 Å². The Hall–Kier alpha value is -2.02. The second-order valence-electron chi connectivity index (χ2n) is 4.39. The molecule has 1 amide bonds.